The minimum atomic E-state index is 0.140. The van der Waals surface area contributed by atoms with Crippen LogP contribution in [0.2, 0.25) is 0 Å². The van der Waals surface area contributed by atoms with Crippen molar-refractivity contribution in [2.24, 2.45) is 0 Å². The van der Waals surface area contributed by atoms with Gasteiger partial charge in [0.25, 0.3) is 0 Å². The fraction of sp³-hybridized carbons (Fsp3) is 0.909. The SMILES string of the molecule is CC(C)OCC(=O)CCC1CCCO1. The van der Waals surface area contributed by atoms with E-state index in [2.05, 4.69) is 0 Å². The third kappa shape index (κ3) is 4.72. The topological polar surface area (TPSA) is 35.5 Å². The number of ether oxygens (including phenoxy) is 2. The summed E-state index contributed by atoms with van der Waals surface area (Å²) < 4.78 is 10.7. The fourth-order valence-corrected chi connectivity index (χ4v) is 1.53. The molecule has 3 nitrogen and oxygen atoms in total. The molecular weight excluding hydrogens is 180 g/mol. The third-order valence-electron chi connectivity index (χ3n) is 2.35. The quantitative estimate of drug-likeness (QED) is 0.657. The van der Waals surface area contributed by atoms with Gasteiger partial charge in [-0.2, -0.15) is 0 Å². The third-order valence-corrected chi connectivity index (χ3v) is 2.35. The Kier molecular flexibility index (Phi) is 5.12. The molecule has 1 fully saturated rings. The van der Waals surface area contributed by atoms with Crippen molar-refractivity contribution >= 4 is 5.78 Å². The number of ketones is 1. The molecule has 0 aromatic carbocycles. The van der Waals surface area contributed by atoms with Crippen LogP contribution in [0.3, 0.4) is 0 Å². The zero-order valence-electron chi connectivity index (χ0n) is 9.12. The highest BCUT2D eigenvalue weighted by atomic mass is 16.5. The lowest BCUT2D eigenvalue weighted by Crippen LogP contribution is -2.15. The predicted octanol–water partition coefficient (Wildman–Crippen LogP) is 1.94. The van der Waals surface area contributed by atoms with Gasteiger partial charge < -0.3 is 9.47 Å². The first-order valence-corrected chi connectivity index (χ1v) is 5.43. The Balaban J connectivity index is 2.02. The van der Waals surface area contributed by atoms with Crippen molar-refractivity contribution in [1.82, 2.24) is 0 Å². The molecule has 0 aromatic rings. The highest BCUT2D eigenvalue weighted by Gasteiger charge is 2.16. The van der Waals surface area contributed by atoms with E-state index in [9.17, 15) is 4.79 Å². The molecule has 14 heavy (non-hydrogen) atoms. The van der Waals surface area contributed by atoms with Crippen molar-refractivity contribution in [1.29, 1.82) is 0 Å². The van der Waals surface area contributed by atoms with Crippen LogP contribution in [0.15, 0.2) is 0 Å². The Morgan fingerprint density at radius 2 is 2.36 bits per heavy atom. The molecule has 3 heteroatoms. The largest absolute Gasteiger partial charge is 0.378 e. The van der Waals surface area contributed by atoms with E-state index in [-0.39, 0.29) is 18.5 Å². The predicted molar refractivity (Wildman–Crippen MR) is 54.3 cm³/mol. The number of rotatable bonds is 6. The fourth-order valence-electron chi connectivity index (χ4n) is 1.53. The van der Waals surface area contributed by atoms with E-state index in [0.29, 0.717) is 12.5 Å². The van der Waals surface area contributed by atoms with Gasteiger partial charge in [0.05, 0.1) is 12.2 Å². The van der Waals surface area contributed by atoms with Gasteiger partial charge in [-0.15, -0.1) is 0 Å². The minimum absolute atomic E-state index is 0.140. The van der Waals surface area contributed by atoms with Gasteiger partial charge >= 0.3 is 0 Å². The van der Waals surface area contributed by atoms with E-state index in [0.717, 1.165) is 25.9 Å². The van der Waals surface area contributed by atoms with Crippen molar-refractivity contribution in [3.05, 3.63) is 0 Å². The highest BCUT2D eigenvalue weighted by Crippen LogP contribution is 2.16. The van der Waals surface area contributed by atoms with Gasteiger partial charge in [-0.05, 0) is 33.1 Å². The summed E-state index contributed by atoms with van der Waals surface area (Å²) >= 11 is 0. The van der Waals surface area contributed by atoms with Gasteiger partial charge in [-0.1, -0.05) is 0 Å². The summed E-state index contributed by atoms with van der Waals surface area (Å²) in [6, 6.07) is 0. The van der Waals surface area contributed by atoms with Crippen molar-refractivity contribution in [2.45, 2.75) is 51.7 Å². The lowest BCUT2D eigenvalue weighted by molar-refractivity contribution is -0.125. The van der Waals surface area contributed by atoms with Crippen LogP contribution in [0.4, 0.5) is 0 Å². The van der Waals surface area contributed by atoms with Crippen LogP contribution in [0.5, 0.6) is 0 Å². The number of carbonyl (C=O) groups is 1. The number of Topliss-reactive ketones (excluding diaryl/α,β-unsaturated/α-hetero) is 1. The molecule has 1 atom stereocenters. The molecule has 0 bridgehead atoms. The Morgan fingerprint density at radius 3 is 2.93 bits per heavy atom. The normalized spacial score (nSPS) is 21.8. The molecule has 1 rings (SSSR count). The molecule has 1 aliphatic heterocycles. The molecule has 1 unspecified atom stereocenters. The van der Waals surface area contributed by atoms with Crippen LogP contribution in [0, 0.1) is 0 Å². The molecule has 0 N–H and O–H groups in total. The molecule has 1 saturated heterocycles. The zero-order valence-corrected chi connectivity index (χ0v) is 9.12. The smallest absolute Gasteiger partial charge is 0.158 e. The average Bonchev–Trinajstić information content (AvgIpc) is 2.63. The Bertz CT molecular complexity index is 171. The molecule has 82 valence electrons. The second-order valence-electron chi connectivity index (χ2n) is 4.07. The van der Waals surface area contributed by atoms with Gasteiger partial charge in [0.15, 0.2) is 5.78 Å². The zero-order chi connectivity index (χ0) is 10.4. The average molecular weight is 200 g/mol. The summed E-state index contributed by atoms with van der Waals surface area (Å²) in [4.78, 5) is 11.3. The van der Waals surface area contributed by atoms with E-state index in [1.165, 1.54) is 0 Å². The summed E-state index contributed by atoms with van der Waals surface area (Å²) in [5.74, 6) is 0.189. The van der Waals surface area contributed by atoms with Gasteiger partial charge in [0.2, 0.25) is 0 Å². The van der Waals surface area contributed by atoms with Gasteiger partial charge in [0, 0.05) is 13.0 Å². The standard InChI is InChI=1S/C11H20O3/c1-9(2)14-8-10(12)5-6-11-4-3-7-13-11/h9,11H,3-8H2,1-2H3. The Hall–Kier alpha value is -0.410. The second-order valence-corrected chi connectivity index (χ2v) is 4.07. The van der Waals surface area contributed by atoms with Crippen molar-refractivity contribution < 1.29 is 14.3 Å². The molecule has 0 spiro atoms. The number of carbonyl (C=O) groups excluding carboxylic acids is 1. The first-order chi connectivity index (χ1) is 6.68. The molecule has 1 heterocycles. The lowest BCUT2D eigenvalue weighted by Gasteiger charge is -2.09. The van der Waals surface area contributed by atoms with E-state index in [1.807, 2.05) is 13.8 Å². The molecule has 1 aliphatic rings. The summed E-state index contributed by atoms with van der Waals surface area (Å²) in [6.45, 7) is 4.99. The van der Waals surface area contributed by atoms with Crippen LogP contribution in [-0.4, -0.2) is 31.2 Å². The summed E-state index contributed by atoms with van der Waals surface area (Å²) in [7, 11) is 0. The summed E-state index contributed by atoms with van der Waals surface area (Å²) in [5.41, 5.74) is 0. The van der Waals surface area contributed by atoms with E-state index in [4.69, 9.17) is 9.47 Å². The Labute approximate surface area is 85.8 Å². The maximum absolute atomic E-state index is 11.3. The van der Waals surface area contributed by atoms with Gasteiger partial charge in [-0.25, -0.2) is 0 Å². The number of hydrogen-bond acceptors (Lipinski definition) is 3. The van der Waals surface area contributed by atoms with Crippen molar-refractivity contribution in [3.8, 4) is 0 Å². The van der Waals surface area contributed by atoms with Crippen LogP contribution in [0.1, 0.15) is 39.5 Å². The maximum atomic E-state index is 11.3. The first-order valence-electron chi connectivity index (χ1n) is 5.43. The molecule has 0 saturated carbocycles. The van der Waals surface area contributed by atoms with E-state index < -0.39 is 0 Å². The number of hydrogen-bond donors (Lipinski definition) is 0. The van der Waals surface area contributed by atoms with Crippen LogP contribution >= 0.6 is 0 Å². The van der Waals surface area contributed by atoms with Crippen LogP contribution < -0.4 is 0 Å². The minimum Gasteiger partial charge on any atom is -0.378 e. The highest BCUT2D eigenvalue weighted by molar-refractivity contribution is 5.79. The van der Waals surface area contributed by atoms with E-state index in [1.54, 1.807) is 0 Å². The molecular formula is C11H20O3. The molecule has 0 amide bonds. The van der Waals surface area contributed by atoms with Crippen molar-refractivity contribution in [3.63, 3.8) is 0 Å². The maximum Gasteiger partial charge on any atom is 0.158 e. The van der Waals surface area contributed by atoms with Gasteiger partial charge in [-0.3, -0.25) is 4.79 Å². The molecule has 0 aromatic heterocycles. The van der Waals surface area contributed by atoms with Crippen LogP contribution in [-0.2, 0) is 14.3 Å². The monoisotopic (exact) mass is 200 g/mol. The second kappa shape index (κ2) is 6.14. The van der Waals surface area contributed by atoms with Gasteiger partial charge in [0.1, 0.15) is 6.61 Å². The first kappa shape index (κ1) is 11.7. The van der Waals surface area contributed by atoms with E-state index >= 15 is 0 Å². The molecule has 0 radical (unpaired) electrons. The Morgan fingerprint density at radius 1 is 1.57 bits per heavy atom. The van der Waals surface area contributed by atoms with Crippen molar-refractivity contribution in [2.75, 3.05) is 13.2 Å². The summed E-state index contributed by atoms with van der Waals surface area (Å²) in [5, 5.41) is 0. The molecule has 0 aliphatic carbocycles. The van der Waals surface area contributed by atoms with Crippen LogP contribution in [0.25, 0.3) is 0 Å². The summed E-state index contributed by atoms with van der Waals surface area (Å²) in [6.07, 6.45) is 4.16. The lowest BCUT2D eigenvalue weighted by atomic mass is 10.1.